The minimum Gasteiger partial charge on any atom is -0.454 e. The van der Waals surface area contributed by atoms with Crippen LogP contribution in [0.3, 0.4) is 0 Å². The SMILES string of the molecule is CN(C1=NC(=O)CO1)c1ccc(C(F)(F)C(O)(F)C(F)(F)F)cc1. The van der Waals surface area contributed by atoms with Gasteiger partial charge in [-0.25, -0.2) is 0 Å². The Morgan fingerprint density at radius 1 is 1.12 bits per heavy atom. The van der Waals surface area contributed by atoms with E-state index in [1.54, 1.807) is 0 Å². The fourth-order valence-electron chi connectivity index (χ4n) is 1.84. The summed E-state index contributed by atoms with van der Waals surface area (Å²) in [4.78, 5) is 15.6. The standard InChI is InChI=1S/C13H10F6N2O3/c1-21(10-20-9(22)6-24-10)8-4-2-7(3-5-8)11(14,15)12(16,23)13(17,18)19/h2-5,23H,6H2,1H3. The highest BCUT2D eigenvalue weighted by molar-refractivity contribution is 6.03. The molecule has 0 saturated carbocycles. The topological polar surface area (TPSA) is 62.1 Å². The maximum Gasteiger partial charge on any atom is 0.455 e. The normalized spacial score (nSPS) is 18.0. The summed E-state index contributed by atoms with van der Waals surface area (Å²) in [5.74, 6) is -11.5. The lowest BCUT2D eigenvalue weighted by Gasteiger charge is -2.30. The summed E-state index contributed by atoms with van der Waals surface area (Å²) in [5, 5.41) is 8.58. The predicted molar refractivity (Wildman–Crippen MR) is 69.2 cm³/mol. The van der Waals surface area contributed by atoms with E-state index >= 15 is 0 Å². The van der Waals surface area contributed by atoms with Crippen molar-refractivity contribution in [2.24, 2.45) is 4.99 Å². The van der Waals surface area contributed by atoms with Crippen LogP contribution in [0.15, 0.2) is 29.3 Å². The molecule has 1 aliphatic rings. The highest BCUT2D eigenvalue weighted by Gasteiger charge is 2.71. The van der Waals surface area contributed by atoms with Crippen molar-refractivity contribution in [1.82, 2.24) is 0 Å². The first-order valence-corrected chi connectivity index (χ1v) is 6.32. The summed E-state index contributed by atoms with van der Waals surface area (Å²) < 4.78 is 82.3. The lowest BCUT2D eigenvalue weighted by molar-refractivity contribution is -0.390. The molecule has 0 bridgehead atoms. The lowest BCUT2D eigenvalue weighted by Crippen LogP contribution is -2.53. The van der Waals surface area contributed by atoms with Crippen molar-refractivity contribution in [3.05, 3.63) is 29.8 Å². The Kier molecular flexibility index (Phi) is 4.25. The molecule has 1 aromatic rings. The van der Waals surface area contributed by atoms with Crippen LogP contribution in [0, 0.1) is 0 Å². The van der Waals surface area contributed by atoms with E-state index in [-0.39, 0.29) is 18.3 Å². The number of carbonyl (C=O) groups excluding carboxylic acids is 1. The van der Waals surface area contributed by atoms with Crippen molar-refractivity contribution in [2.45, 2.75) is 18.0 Å². The van der Waals surface area contributed by atoms with E-state index in [4.69, 9.17) is 9.84 Å². The van der Waals surface area contributed by atoms with Crippen molar-refractivity contribution < 1.29 is 41.0 Å². The van der Waals surface area contributed by atoms with Gasteiger partial charge in [0.25, 0.3) is 11.9 Å². The Labute approximate surface area is 131 Å². The van der Waals surface area contributed by atoms with Gasteiger partial charge >= 0.3 is 18.0 Å². The molecular weight excluding hydrogens is 346 g/mol. The summed E-state index contributed by atoms with van der Waals surface area (Å²) >= 11 is 0. The average molecular weight is 356 g/mol. The number of halogens is 6. The van der Waals surface area contributed by atoms with Gasteiger partial charge < -0.3 is 9.84 Å². The Hall–Kier alpha value is -2.30. The molecule has 132 valence electrons. The number of benzene rings is 1. The molecule has 5 nitrogen and oxygen atoms in total. The first kappa shape index (κ1) is 18.0. The van der Waals surface area contributed by atoms with Crippen LogP contribution in [0.25, 0.3) is 0 Å². The van der Waals surface area contributed by atoms with Crippen LogP contribution >= 0.6 is 0 Å². The van der Waals surface area contributed by atoms with Gasteiger partial charge in [-0.15, -0.1) is 0 Å². The minimum absolute atomic E-state index is 0.128. The summed E-state index contributed by atoms with van der Waals surface area (Å²) in [5.41, 5.74) is -1.25. The highest BCUT2D eigenvalue weighted by atomic mass is 19.4. The van der Waals surface area contributed by atoms with Crippen molar-refractivity contribution in [1.29, 1.82) is 0 Å². The third kappa shape index (κ3) is 2.90. The molecule has 1 aliphatic heterocycles. The van der Waals surface area contributed by atoms with Crippen molar-refractivity contribution in [2.75, 3.05) is 18.6 Å². The van der Waals surface area contributed by atoms with Crippen LogP contribution in [0.4, 0.5) is 32.0 Å². The first-order valence-electron chi connectivity index (χ1n) is 6.32. The molecule has 1 aromatic carbocycles. The Bertz CT molecular complexity index is 669. The van der Waals surface area contributed by atoms with Crippen molar-refractivity contribution in [3.8, 4) is 0 Å². The highest BCUT2D eigenvalue weighted by Crippen LogP contribution is 2.49. The van der Waals surface area contributed by atoms with Gasteiger partial charge in [0.15, 0.2) is 6.61 Å². The van der Waals surface area contributed by atoms with Gasteiger partial charge in [0.2, 0.25) is 0 Å². The van der Waals surface area contributed by atoms with Gasteiger partial charge in [0, 0.05) is 18.3 Å². The number of aliphatic imine (C=N–C) groups is 1. The average Bonchev–Trinajstić information content (AvgIpc) is 2.92. The maximum absolute atomic E-state index is 13.7. The van der Waals surface area contributed by atoms with Crippen LogP contribution in [0.5, 0.6) is 0 Å². The van der Waals surface area contributed by atoms with E-state index in [0.29, 0.717) is 12.1 Å². The number of amides is 1. The van der Waals surface area contributed by atoms with E-state index in [1.807, 2.05) is 0 Å². The smallest absolute Gasteiger partial charge is 0.454 e. The van der Waals surface area contributed by atoms with E-state index in [0.717, 1.165) is 12.1 Å². The number of anilines is 1. The zero-order valence-corrected chi connectivity index (χ0v) is 11.9. The molecule has 2 rings (SSSR count). The number of hydrogen-bond donors (Lipinski definition) is 1. The van der Waals surface area contributed by atoms with Gasteiger partial charge in [-0.3, -0.25) is 9.69 Å². The predicted octanol–water partition coefficient (Wildman–Crippen LogP) is 2.35. The van der Waals surface area contributed by atoms with Gasteiger partial charge in [-0.2, -0.15) is 31.3 Å². The molecule has 0 fully saturated rings. The Morgan fingerprint density at radius 3 is 2.08 bits per heavy atom. The largest absolute Gasteiger partial charge is 0.455 e. The molecule has 0 radical (unpaired) electrons. The third-order valence-corrected chi connectivity index (χ3v) is 3.24. The van der Waals surface area contributed by atoms with Gasteiger partial charge in [-0.1, -0.05) is 12.1 Å². The molecular formula is C13H10F6N2O3. The van der Waals surface area contributed by atoms with E-state index < -0.39 is 29.4 Å². The minimum atomic E-state index is -6.18. The number of ether oxygens (including phenoxy) is 1. The summed E-state index contributed by atoms with van der Waals surface area (Å²) in [6.07, 6.45) is -6.18. The van der Waals surface area contributed by atoms with Gasteiger partial charge in [0.05, 0.1) is 0 Å². The number of carbonyl (C=O) groups is 1. The second-order valence-electron chi connectivity index (χ2n) is 4.88. The summed E-state index contributed by atoms with van der Waals surface area (Å²) in [6.45, 7) is -0.295. The number of alkyl halides is 6. The lowest BCUT2D eigenvalue weighted by atomic mass is 10.0. The second kappa shape index (κ2) is 5.65. The first-order chi connectivity index (χ1) is 10.9. The van der Waals surface area contributed by atoms with Gasteiger partial charge in [-0.05, 0) is 12.1 Å². The fourth-order valence-corrected chi connectivity index (χ4v) is 1.84. The number of amidine groups is 1. The number of aliphatic hydroxyl groups is 1. The van der Waals surface area contributed by atoms with Crippen molar-refractivity contribution in [3.63, 3.8) is 0 Å². The van der Waals surface area contributed by atoms with Gasteiger partial charge in [0.1, 0.15) is 0 Å². The molecule has 11 heteroatoms. The molecule has 0 spiro atoms. The zero-order valence-electron chi connectivity index (χ0n) is 11.9. The van der Waals surface area contributed by atoms with Crippen LogP contribution in [-0.2, 0) is 15.5 Å². The number of nitrogens with zero attached hydrogens (tertiary/aromatic N) is 2. The second-order valence-corrected chi connectivity index (χ2v) is 4.88. The molecule has 0 aliphatic carbocycles. The molecule has 0 aromatic heterocycles. The molecule has 0 saturated heterocycles. The zero-order chi connectivity index (χ0) is 18.3. The van der Waals surface area contributed by atoms with Crippen LogP contribution in [0.2, 0.25) is 0 Å². The molecule has 1 atom stereocenters. The molecule has 1 heterocycles. The fraction of sp³-hybridized carbons (Fsp3) is 0.385. The van der Waals surface area contributed by atoms with E-state index in [9.17, 15) is 31.1 Å². The third-order valence-electron chi connectivity index (χ3n) is 3.24. The number of hydrogen-bond acceptors (Lipinski definition) is 4. The monoisotopic (exact) mass is 356 g/mol. The van der Waals surface area contributed by atoms with Crippen LogP contribution in [-0.4, -0.2) is 42.7 Å². The molecule has 1 unspecified atom stereocenters. The van der Waals surface area contributed by atoms with E-state index in [1.165, 1.54) is 11.9 Å². The Morgan fingerprint density at radius 2 is 1.67 bits per heavy atom. The van der Waals surface area contributed by atoms with E-state index in [2.05, 4.69) is 4.99 Å². The molecule has 24 heavy (non-hydrogen) atoms. The Balaban J connectivity index is 2.29. The van der Waals surface area contributed by atoms with Crippen molar-refractivity contribution >= 4 is 17.6 Å². The summed E-state index contributed by atoms with van der Waals surface area (Å²) in [7, 11) is 1.37. The van der Waals surface area contributed by atoms with Crippen LogP contribution in [0.1, 0.15) is 5.56 Å². The molecule has 1 amide bonds. The quantitative estimate of drug-likeness (QED) is 0.845. The van der Waals surface area contributed by atoms with Crippen LogP contribution < -0.4 is 4.90 Å². The maximum atomic E-state index is 13.7. The molecule has 1 N–H and O–H groups in total. The summed E-state index contributed by atoms with van der Waals surface area (Å²) in [6, 6.07) is 2.77. The number of rotatable bonds is 3.